The zero-order valence-electron chi connectivity index (χ0n) is 24.7. The molecule has 1 rings (SSSR count). The van der Waals surface area contributed by atoms with Crippen LogP contribution in [0.15, 0.2) is 24.3 Å². The quantitative estimate of drug-likeness (QED) is 0.274. The van der Waals surface area contributed by atoms with Gasteiger partial charge in [-0.3, -0.25) is 14.4 Å². The van der Waals surface area contributed by atoms with Crippen LogP contribution >= 0.6 is 0 Å². The van der Waals surface area contributed by atoms with E-state index in [-0.39, 0.29) is 11.8 Å². The minimum atomic E-state index is -1.35. The highest BCUT2D eigenvalue weighted by atomic mass is 16.6. The van der Waals surface area contributed by atoms with Crippen molar-refractivity contribution in [1.29, 1.82) is 0 Å². The van der Waals surface area contributed by atoms with Crippen LogP contribution in [0.25, 0.3) is 0 Å². The average molecular weight is 549 g/mol. The van der Waals surface area contributed by atoms with Crippen LogP contribution in [0.1, 0.15) is 99.1 Å². The molecule has 0 spiro atoms. The van der Waals surface area contributed by atoms with Crippen LogP contribution in [-0.2, 0) is 19.1 Å². The van der Waals surface area contributed by atoms with Gasteiger partial charge in [0.15, 0.2) is 0 Å². The Hall–Kier alpha value is -3.30. The van der Waals surface area contributed by atoms with Crippen molar-refractivity contribution in [2.45, 2.75) is 117 Å². The highest BCUT2D eigenvalue weighted by Crippen LogP contribution is 2.29. The molecule has 10 nitrogen and oxygen atoms in total. The molecule has 0 heterocycles. The number of carbonyl (C=O) groups is 4. The fraction of sp³-hybridized carbons (Fsp3) is 0.655. The second-order valence-electron chi connectivity index (χ2n) is 11.6. The first-order valence-electron chi connectivity index (χ1n) is 13.7. The van der Waals surface area contributed by atoms with Gasteiger partial charge in [-0.05, 0) is 77.5 Å². The van der Waals surface area contributed by atoms with Gasteiger partial charge in [-0.2, -0.15) is 0 Å². The maximum absolute atomic E-state index is 14.2. The number of carbonyl (C=O) groups excluding carboxylic acids is 4. The van der Waals surface area contributed by atoms with E-state index in [9.17, 15) is 24.3 Å². The van der Waals surface area contributed by atoms with Crippen LogP contribution in [0.3, 0.4) is 0 Å². The lowest BCUT2D eigenvalue weighted by atomic mass is 9.96. The summed E-state index contributed by atoms with van der Waals surface area (Å²) in [7, 11) is 0. The molecule has 1 aromatic rings. The minimum Gasteiger partial charge on any atom is -0.508 e. The molecule has 0 saturated carbocycles. The molecule has 4 atom stereocenters. The van der Waals surface area contributed by atoms with Gasteiger partial charge >= 0.3 is 6.09 Å². The Balaban J connectivity index is 3.63. The van der Waals surface area contributed by atoms with Crippen molar-refractivity contribution in [3.05, 3.63) is 29.8 Å². The van der Waals surface area contributed by atoms with Gasteiger partial charge in [-0.15, -0.1) is 0 Å². The highest BCUT2D eigenvalue weighted by Gasteiger charge is 2.39. The van der Waals surface area contributed by atoms with Crippen LogP contribution < -0.4 is 16.4 Å². The number of phenolic OH excluding ortho intramolecular Hbond substituents is 1. The number of nitrogens with zero attached hydrogens (tertiary/aromatic N) is 1. The van der Waals surface area contributed by atoms with Crippen LogP contribution in [0.4, 0.5) is 4.79 Å². The van der Waals surface area contributed by atoms with E-state index in [0.29, 0.717) is 17.9 Å². The number of ether oxygens (including phenoxy) is 1. The summed E-state index contributed by atoms with van der Waals surface area (Å²) in [5.41, 5.74) is 5.11. The zero-order valence-corrected chi connectivity index (χ0v) is 24.7. The SMILES string of the molecule is CCCC(C)NC(=O)C(c1ccc(O)cc1)N(C(=O)C(CC(N)=O)NC(=O)OC(C)(C)C)C(C)CCC(C)C. The molecule has 4 amide bonds. The highest BCUT2D eigenvalue weighted by molar-refractivity contribution is 5.94. The maximum atomic E-state index is 14.2. The summed E-state index contributed by atoms with van der Waals surface area (Å²) in [6, 6.07) is 3.05. The lowest BCUT2D eigenvalue weighted by molar-refractivity contribution is -0.146. The average Bonchev–Trinajstić information content (AvgIpc) is 2.79. The Morgan fingerprint density at radius 2 is 1.56 bits per heavy atom. The molecule has 0 aliphatic rings. The molecule has 220 valence electrons. The third-order valence-corrected chi connectivity index (χ3v) is 6.13. The molecule has 39 heavy (non-hydrogen) atoms. The Bertz CT molecular complexity index is 958. The predicted octanol–water partition coefficient (Wildman–Crippen LogP) is 4.16. The number of primary amides is 1. The first kappa shape index (κ1) is 33.7. The Kier molecular flexibility index (Phi) is 13.3. The van der Waals surface area contributed by atoms with Gasteiger partial charge in [0.05, 0.1) is 6.42 Å². The number of phenols is 1. The van der Waals surface area contributed by atoms with E-state index in [1.165, 1.54) is 17.0 Å². The van der Waals surface area contributed by atoms with E-state index in [2.05, 4.69) is 24.5 Å². The number of hydrogen-bond acceptors (Lipinski definition) is 6. The summed E-state index contributed by atoms with van der Waals surface area (Å²) in [5, 5.41) is 15.4. The molecule has 5 N–H and O–H groups in total. The zero-order chi connectivity index (χ0) is 29.9. The van der Waals surface area contributed by atoms with Gasteiger partial charge < -0.3 is 31.1 Å². The van der Waals surface area contributed by atoms with Gasteiger partial charge in [0, 0.05) is 12.1 Å². The summed E-state index contributed by atoms with van der Waals surface area (Å²) in [6.07, 6.45) is 1.61. The van der Waals surface area contributed by atoms with Gasteiger partial charge in [0.2, 0.25) is 17.7 Å². The maximum Gasteiger partial charge on any atom is 0.408 e. The van der Waals surface area contributed by atoms with E-state index in [1.54, 1.807) is 32.9 Å². The number of benzene rings is 1. The fourth-order valence-electron chi connectivity index (χ4n) is 4.27. The number of alkyl carbamates (subject to hydrolysis) is 1. The van der Waals surface area contributed by atoms with Crippen LogP contribution in [-0.4, -0.2) is 57.5 Å². The van der Waals surface area contributed by atoms with E-state index < -0.39 is 54.0 Å². The number of amides is 4. The van der Waals surface area contributed by atoms with Gasteiger partial charge in [-0.25, -0.2) is 4.79 Å². The van der Waals surface area contributed by atoms with Crippen molar-refractivity contribution in [3.8, 4) is 5.75 Å². The number of aromatic hydroxyl groups is 1. The van der Waals surface area contributed by atoms with Crippen LogP contribution in [0.2, 0.25) is 0 Å². The second kappa shape index (κ2) is 15.3. The summed E-state index contributed by atoms with van der Waals surface area (Å²) >= 11 is 0. The molecule has 4 unspecified atom stereocenters. The monoisotopic (exact) mass is 548 g/mol. The number of nitrogens with one attached hydrogen (secondary N) is 2. The van der Waals surface area contributed by atoms with E-state index in [1.807, 2.05) is 20.8 Å². The normalized spacial score (nSPS) is 14.6. The summed E-state index contributed by atoms with van der Waals surface area (Å²) in [5.74, 6) is -1.47. The largest absolute Gasteiger partial charge is 0.508 e. The lowest BCUT2D eigenvalue weighted by Crippen LogP contribution is -2.56. The molecular weight excluding hydrogens is 500 g/mol. The van der Waals surface area contributed by atoms with E-state index >= 15 is 0 Å². The number of rotatable bonds is 14. The van der Waals surface area contributed by atoms with Crippen molar-refractivity contribution in [3.63, 3.8) is 0 Å². The van der Waals surface area contributed by atoms with Crippen molar-refractivity contribution in [2.24, 2.45) is 11.7 Å². The van der Waals surface area contributed by atoms with E-state index in [0.717, 1.165) is 19.3 Å². The smallest absolute Gasteiger partial charge is 0.408 e. The second-order valence-corrected chi connectivity index (χ2v) is 11.6. The molecule has 0 saturated heterocycles. The van der Waals surface area contributed by atoms with Gasteiger partial charge in [0.25, 0.3) is 0 Å². The van der Waals surface area contributed by atoms with Crippen LogP contribution in [0, 0.1) is 5.92 Å². The first-order valence-corrected chi connectivity index (χ1v) is 13.7. The Morgan fingerprint density at radius 1 is 0.974 bits per heavy atom. The molecule has 0 aliphatic heterocycles. The molecule has 0 aromatic heterocycles. The topological polar surface area (TPSA) is 151 Å². The first-order chi connectivity index (χ1) is 18.0. The number of nitrogens with two attached hydrogens (primary N) is 1. The van der Waals surface area contributed by atoms with Crippen LogP contribution in [0.5, 0.6) is 5.75 Å². The number of hydrogen-bond donors (Lipinski definition) is 4. The van der Waals surface area contributed by atoms with Crippen molar-refractivity contribution >= 4 is 23.8 Å². The summed E-state index contributed by atoms with van der Waals surface area (Å²) in [4.78, 5) is 54.0. The predicted molar refractivity (Wildman–Crippen MR) is 151 cm³/mol. The molecule has 0 aliphatic carbocycles. The fourth-order valence-corrected chi connectivity index (χ4v) is 4.27. The molecule has 1 aromatic carbocycles. The molecule has 0 bridgehead atoms. The Morgan fingerprint density at radius 3 is 2.05 bits per heavy atom. The van der Waals surface area contributed by atoms with Crippen molar-refractivity contribution < 1.29 is 29.0 Å². The van der Waals surface area contributed by atoms with Gasteiger partial charge in [-0.1, -0.05) is 39.3 Å². The third kappa shape index (κ3) is 12.0. The van der Waals surface area contributed by atoms with Gasteiger partial charge in [0.1, 0.15) is 23.4 Å². The third-order valence-electron chi connectivity index (χ3n) is 6.13. The molecule has 0 fully saturated rings. The van der Waals surface area contributed by atoms with Crippen molar-refractivity contribution in [1.82, 2.24) is 15.5 Å². The van der Waals surface area contributed by atoms with E-state index in [4.69, 9.17) is 10.5 Å². The molecule has 10 heteroatoms. The standard InChI is InChI=1S/C29H48N4O6/c1-9-10-19(4)31-26(36)25(21-13-15-22(34)16-14-21)33(20(5)12-11-18(2)3)27(37)23(17-24(30)35)32-28(38)39-29(6,7)8/h13-16,18-20,23,25,34H,9-12,17H2,1-8H3,(H2,30,35)(H,31,36)(H,32,38). The molecule has 0 radical (unpaired) electrons. The summed E-state index contributed by atoms with van der Waals surface area (Å²) in [6.45, 7) is 14.9. The minimum absolute atomic E-state index is 0.0150. The van der Waals surface area contributed by atoms with Crippen molar-refractivity contribution in [2.75, 3.05) is 0 Å². The lowest BCUT2D eigenvalue weighted by Gasteiger charge is -2.39. The summed E-state index contributed by atoms with van der Waals surface area (Å²) < 4.78 is 5.32. The Labute approximate surface area is 233 Å². The molecular formula is C29H48N4O6.